The fourth-order valence-electron chi connectivity index (χ4n) is 1.89. The predicted molar refractivity (Wildman–Crippen MR) is 94.0 cm³/mol. The number of aliphatic carboxylic acids is 1. The second-order valence-electron chi connectivity index (χ2n) is 4.88. The van der Waals surface area contributed by atoms with E-state index in [1.165, 1.54) is 17.1 Å². The van der Waals surface area contributed by atoms with Crippen LogP contribution in [0.2, 0.25) is 10.0 Å². The zero-order valence-electron chi connectivity index (χ0n) is 13.2. The normalized spacial score (nSPS) is 10.2. The molecule has 0 saturated heterocycles. The number of nitrogens with zero attached hydrogens (tertiary/aromatic N) is 4. The number of anilines is 1. The monoisotopic (exact) mass is 384 g/mol. The molecule has 0 fully saturated rings. The lowest BCUT2D eigenvalue weighted by Gasteiger charge is -2.06. The summed E-state index contributed by atoms with van der Waals surface area (Å²) in [5.41, 5.74) is 1.36. The third kappa shape index (κ3) is 4.91. The van der Waals surface area contributed by atoms with Gasteiger partial charge in [0.05, 0.1) is 28.5 Å². The fourth-order valence-corrected chi connectivity index (χ4v) is 2.17. The Morgan fingerprint density at radius 3 is 2.68 bits per heavy atom. The van der Waals surface area contributed by atoms with E-state index in [0.717, 1.165) is 6.92 Å². The number of fused-ring (bicyclic) bond motifs is 1. The lowest BCUT2D eigenvalue weighted by molar-refractivity contribution is -0.134. The minimum atomic E-state index is -0.833. The number of hydrogen-bond acceptors (Lipinski definition) is 6. The number of rotatable bonds is 3. The topological polar surface area (TPSA) is 126 Å². The van der Waals surface area contributed by atoms with Crippen molar-refractivity contribution in [2.75, 3.05) is 5.32 Å². The van der Waals surface area contributed by atoms with E-state index >= 15 is 0 Å². The molecule has 0 aliphatic rings. The van der Waals surface area contributed by atoms with Gasteiger partial charge in [-0.05, 0) is 6.07 Å². The van der Waals surface area contributed by atoms with Crippen LogP contribution in [0.5, 0.6) is 0 Å². The van der Waals surface area contributed by atoms with Gasteiger partial charge in [0.25, 0.3) is 11.5 Å². The number of carboxylic acid groups (broad SMARTS) is 1. The zero-order chi connectivity index (χ0) is 18.6. The number of aromatic nitrogens is 5. The Bertz CT molecular complexity index is 965. The lowest BCUT2D eigenvalue weighted by Crippen LogP contribution is -2.15. The summed E-state index contributed by atoms with van der Waals surface area (Å²) < 4.78 is 1.48. The van der Waals surface area contributed by atoms with Crippen LogP contribution in [0.3, 0.4) is 0 Å². The number of carboxylic acids is 1. The highest BCUT2D eigenvalue weighted by molar-refractivity contribution is 6.41. The molecule has 3 heterocycles. The van der Waals surface area contributed by atoms with Crippen molar-refractivity contribution < 1.29 is 9.90 Å². The van der Waals surface area contributed by atoms with Crippen molar-refractivity contribution in [3.63, 3.8) is 0 Å². The molecule has 0 aromatic carbocycles. The zero-order valence-corrected chi connectivity index (χ0v) is 14.8. The highest BCUT2D eigenvalue weighted by Crippen LogP contribution is 2.21. The molecule has 0 unspecified atom stereocenters. The Balaban J connectivity index is 0.000000511. The first-order valence-electron chi connectivity index (χ1n) is 6.93. The van der Waals surface area contributed by atoms with Gasteiger partial charge in [-0.25, -0.2) is 4.98 Å². The molecular formula is C14H14Cl2N6O3. The van der Waals surface area contributed by atoms with Gasteiger partial charge in [0.1, 0.15) is 5.52 Å². The summed E-state index contributed by atoms with van der Waals surface area (Å²) in [5, 5.41) is 15.2. The third-order valence-electron chi connectivity index (χ3n) is 2.90. The molecule has 3 aromatic rings. The predicted octanol–water partition coefficient (Wildman–Crippen LogP) is 2.06. The summed E-state index contributed by atoms with van der Waals surface area (Å²) in [6.07, 6.45) is 3.01. The molecule has 0 amide bonds. The Labute approximate surface area is 151 Å². The second-order valence-corrected chi connectivity index (χ2v) is 5.69. The van der Waals surface area contributed by atoms with Gasteiger partial charge in [0.2, 0.25) is 5.95 Å². The van der Waals surface area contributed by atoms with Crippen LogP contribution in [0.4, 0.5) is 5.95 Å². The molecule has 0 atom stereocenters. The van der Waals surface area contributed by atoms with Crippen LogP contribution in [0.1, 0.15) is 12.6 Å². The minimum Gasteiger partial charge on any atom is -0.481 e. The third-order valence-corrected chi connectivity index (χ3v) is 3.61. The SMILES string of the molecule is CC(=O)O.Cn1ncc2nc(NCc3cc(Cl)c(Cl)cn3)[nH]c(=O)c21. The van der Waals surface area contributed by atoms with Gasteiger partial charge in [0.15, 0.2) is 5.52 Å². The van der Waals surface area contributed by atoms with Gasteiger partial charge in [0, 0.05) is 20.2 Å². The Hall–Kier alpha value is -2.65. The molecule has 0 bridgehead atoms. The van der Waals surface area contributed by atoms with Gasteiger partial charge in [-0.2, -0.15) is 5.10 Å². The molecular weight excluding hydrogens is 371 g/mol. The quantitative estimate of drug-likeness (QED) is 0.630. The van der Waals surface area contributed by atoms with Gasteiger partial charge in [-0.15, -0.1) is 0 Å². The lowest BCUT2D eigenvalue weighted by atomic mass is 10.3. The van der Waals surface area contributed by atoms with Crippen molar-refractivity contribution >= 4 is 46.2 Å². The average Bonchev–Trinajstić information content (AvgIpc) is 2.90. The molecule has 3 rings (SSSR count). The largest absolute Gasteiger partial charge is 0.481 e. The number of pyridine rings is 1. The second kappa shape index (κ2) is 7.95. The molecule has 11 heteroatoms. The van der Waals surface area contributed by atoms with Crippen molar-refractivity contribution in [1.29, 1.82) is 0 Å². The van der Waals surface area contributed by atoms with Crippen LogP contribution in [0, 0.1) is 0 Å². The molecule has 9 nitrogen and oxygen atoms in total. The molecule has 0 radical (unpaired) electrons. The highest BCUT2D eigenvalue weighted by atomic mass is 35.5. The van der Waals surface area contributed by atoms with Crippen LogP contribution in [-0.2, 0) is 18.4 Å². The van der Waals surface area contributed by atoms with E-state index in [1.807, 2.05) is 0 Å². The van der Waals surface area contributed by atoms with Crippen molar-refractivity contribution in [3.8, 4) is 0 Å². The van der Waals surface area contributed by atoms with E-state index in [-0.39, 0.29) is 5.56 Å². The smallest absolute Gasteiger partial charge is 0.300 e. The summed E-state index contributed by atoms with van der Waals surface area (Å²) in [7, 11) is 1.69. The summed E-state index contributed by atoms with van der Waals surface area (Å²) in [4.78, 5) is 32.0. The van der Waals surface area contributed by atoms with Crippen LogP contribution >= 0.6 is 23.2 Å². The Morgan fingerprint density at radius 1 is 1.36 bits per heavy atom. The van der Waals surface area contributed by atoms with Crippen molar-refractivity contribution in [3.05, 3.63) is 44.6 Å². The first-order valence-corrected chi connectivity index (χ1v) is 7.69. The molecule has 0 aliphatic heterocycles. The number of carbonyl (C=O) groups is 1. The number of H-pyrrole nitrogens is 1. The number of aryl methyl sites for hydroxylation is 1. The molecule has 0 spiro atoms. The summed E-state index contributed by atoms with van der Waals surface area (Å²) in [6, 6.07) is 1.65. The molecule has 25 heavy (non-hydrogen) atoms. The minimum absolute atomic E-state index is 0.260. The summed E-state index contributed by atoms with van der Waals surface area (Å²) >= 11 is 11.7. The van der Waals surface area contributed by atoms with E-state index < -0.39 is 5.97 Å². The first-order chi connectivity index (χ1) is 11.8. The highest BCUT2D eigenvalue weighted by Gasteiger charge is 2.08. The molecule has 3 N–H and O–H groups in total. The van der Waals surface area contributed by atoms with Crippen LogP contribution in [0.15, 0.2) is 23.3 Å². The van der Waals surface area contributed by atoms with Gasteiger partial charge in [-0.1, -0.05) is 23.2 Å². The van der Waals surface area contributed by atoms with Gasteiger partial charge < -0.3 is 10.4 Å². The van der Waals surface area contributed by atoms with Crippen LogP contribution < -0.4 is 10.9 Å². The molecule has 0 saturated carbocycles. The maximum absolute atomic E-state index is 11.9. The molecule has 3 aromatic heterocycles. The summed E-state index contributed by atoms with van der Waals surface area (Å²) in [5.74, 6) is -0.492. The standard InChI is InChI=1S/C12H10Cl2N6O.C2H4O2/c1-20-10-9(5-17-20)18-12(19-11(10)21)16-3-6-2-7(13)8(14)4-15-6;1-2(3)4/h2,4-5H,3H2,1H3,(H2,16,18,19,21);1H3,(H,3,4). The summed E-state index contributed by atoms with van der Waals surface area (Å²) in [6.45, 7) is 1.44. The van der Waals surface area contributed by atoms with Crippen LogP contribution in [-0.4, -0.2) is 35.8 Å². The molecule has 0 aliphatic carbocycles. The van der Waals surface area contributed by atoms with E-state index in [1.54, 1.807) is 13.1 Å². The van der Waals surface area contributed by atoms with Crippen molar-refractivity contribution in [2.24, 2.45) is 7.05 Å². The van der Waals surface area contributed by atoms with Crippen molar-refractivity contribution in [1.82, 2.24) is 24.7 Å². The Morgan fingerprint density at radius 2 is 2.04 bits per heavy atom. The van der Waals surface area contributed by atoms with Gasteiger partial charge in [-0.3, -0.25) is 24.2 Å². The van der Waals surface area contributed by atoms with Crippen LogP contribution in [0.25, 0.3) is 11.0 Å². The van der Waals surface area contributed by atoms with E-state index in [9.17, 15) is 4.79 Å². The average molecular weight is 385 g/mol. The maximum Gasteiger partial charge on any atom is 0.300 e. The number of nitrogens with one attached hydrogen (secondary N) is 2. The fraction of sp³-hybridized carbons (Fsp3) is 0.214. The maximum atomic E-state index is 11.9. The number of halogens is 2. The molecule has 132 valence electrons. The Kier molecular flexibility index (Phi) is 5.94. The number of aromatic amines is 1. The van der Waals surface area contributed by atoms with E-state index in [0.29, 0.717) is 39.3 Å². The van der Waals surface area contributed by atoms with E-state index in [2.05, 4.69) is 25.4 Å². The van der Waals surface area contributed by atoms with E-state index in [4.69, 9.17) is 33.1 Å². The number of hydrogen-bond donors (Lipinski definition) is 3. The van der Waals surface area contributed by atoms with Gasteiger partial charge >= 0.3 is 0 Å². The first kappa shape index (κ1) is 18.7. The van der Waals surface area contributed by atoms with Crippen molar-refractivity contribution in [2.45, 2.75) is 13.5 Å².